The smallest absolute Gasteiger partial charge is 0.288 e. The van der Waals surface area contributed by atoms with Crippen LogP contribution >= 0.6 is 11.6 Å². The van der Waals surface area contributed by atoms with E-state index in [4.69, 9.17) is 16.3 Å². The van der Waals surface area contributed by atoms with Crippen molar-refractivity contribution >= 4 is 23.0 Å². The van der Waals surface area contributed by atoms with Crippen LogP contribution in [0.2, 0.25) is 5.02 Å². The van der Waals surface area contributed by atoms with Gasteiger partial charge < -0.3 is 10.1 Å². The lowest BCUT2D eigenvalue weighted by Crippen LogP contribution is -2.29. The van der Waals surface area contributed by atoms with Crippen LogP contribution < -0.4 is 10.1 Å². The number of benzene rings is 2. The molecule has 0 radical (unpaired) electrons. The van der Waals surface area contributed by atoms with Gasteiger partial charge in [0, 0.05) is 17.7 Å². The van der Waals surface area contributed by atoms with Crippen molar-refractivity contribution in [2.24, 2.45) is 5.92 Å². The van der Waals surface area contributed by atoms with E-state index in [0.717, 1.165) is 42.9 Å². The standard InChI is InChI=1S/C22H23ClN2O3/c1-2-3-11-28-15-8-10-20-18(13-15)16-5-4-6-17(16)22(24-20)14-7-9-19(23)21(12-14)25(26)27/h4-5,7-10,12-13,16-17,22,24H,2-3,6,11H2,1H3. The lowest BCUT2D eigenvalue weighted by atomic mass is 9.77. The van der Waals surface area contributed by atoms with E-state index in [-0.39, 0.29) is 22.7 Å². The molecule has 146 valence electrons. The number of nitrogens with zero attached hydrogens (tertiary/aromatic N) is 1. The molecule has 2 aliphatic rings. The summed E-state index contributed by atoms with van der Waals surface area (Å²) in [5, 5.41) is 15.1. The predicted molar refractivity (Wildman–Crippen MR) is 111 cm³/mol. The molecule has 1 heterocycles. The van der Waals surface area contributed by atoms with Gasteiger partial charge in [0.1, 0.15) is 10.8 Å². The molecule has 2 aromatic carbocycles. The van der Waals surface area contributed by atoms with Crippen LogP contribution in [0.3, 0.4) is 0 Å². The Balaban J connectivity index is 1.66. The van der Waals surface area contributed by atoms with Gasteiger partial charge in [-0.2, -0.15) is 0 Å². The van der Waals surface area contributed by atoms with Gasteiger partial charge in [-0.1, -0.05) is 43.2 Å². The van der Waals surface area contributed by atoms with Crippen LogP contribution in [0.25, 0.3) is 0 Å². The first kappa shape index (κ1) is 18.8. The molecule has 3 unspecified atom stereocenters. The van der Waals surface area contributed by atoms with Gasteiger partial charge in [0.15, 0.2) is 0 Å². The second-order valence-electron chi connectivity index (χ2n) is 7.39. The second-order valence-corrected chi connectivity index (χ2v) is 7.80. The highest BCUT2D eigenvalue weighted by Gasteiger charge is 2.38. The van der Waals surface area contributed by atoms with Gasteiger partial charge in [0.05, 0.1) is 17.6 Å². The monoisotopic (exact) mass is 398 g/mol. The molecular formula is C22H23ClN2O3. The molecule has 3 atom stereocenters. The number of allylic oxidation sites excluding steroid dienone is 2. The molecule has 0 saturated carbocycles. The molecule has 0 saturated heterocycles. The molecular weight excluding hydrogens is 376 g/mol. The number of nitrogens with one attached hydrogen (secondary N) is 1. The Morgan fingerprint density at radius 2 is 2.14 bits per heavy atom. The molecule has 0 bridgehead atoms. The minimum Gasteiger partial charge on any atom is -0.494 e. The van der Waals surface area contributed by atoms with Crippen molar-refractivity contribution in [3.63, 3.8) is 0 Å². The first-order valence-corrected chi connectivity index (χ1v) is 10.1. The van der Waals surface area contributed by atoms with Crippen LogP contribution in [0.5, 0.6) is 5.75 Å². The molecule has 0 spiro atoms. The van der Waals surface area contributed by atoms with E-state index in [1.54, 1.807) is 12.1 Å². The number of nitro groups is 1. The Labute approximate surface area is 169 Å². The van der Waals surface area contributed by atoms with Crippen LogP contribution in [0.15, 0.2) is 48.6 Å². The molecule has 1 N–H and O–H groups in total. The van der Waals surface area contributed by atoms with E-state index in [1.807, 2.05) is 12.1 Å². The number of anilines is 1. The highest BCUT2D eigenvalue weighted by molar-refractivity contribution is 6.32. The topological polar surface area (TPSA) is 64.4 Å². The summed E-state index contributed by atoms with van der Waals surface area (Å²) in [7, 11) is 0. The molecule has 0 fully saturated rings. The van der Waals surface area contributed by atoms with Crippen LogP contribution in [0, 0.1) is 16.0 Å². The van der Waals surface area contributed by atoms with Crippen molar-refractivity contribution in [2.75, 3.05) is 11.9 Å². The molecule has 0 amide bonds. The minimum absolute atomic E-state index is 0.00433. The van der Waals surface area contributed by atoms with E-state index >= 15 is 0 Å². The third-order valence-corrected chi connectivity index (χ3v) is 5.95. The van der Waals surface area contributed by atoms with Gasteiger partial charge in [0.2, 0.25) is 0 Å². The number of halogens is 1. The van der Waals surface area contributed by atoms with E-state index < -0.39 is 4.92 Å². The maximum Gasteiger partial charge on any atom is 0.288 e. The van der Waals surface area contributed by atoms with E-state index in [1.165, 1.54) is 5.56 Å². The van der Waals surface area contributed by atoms with Gasteiger partial charge in [-0.05, 0) is 54.2 Å². The van der Waals surface area contributed by atoms with Gasteiger partial charge in [-0.3, -0.25) is 10.1 Å². The number of fused-ring (bicyclic) bond motifs is 3. The number of hydrogen-bond acceptors (Lipinski definition) is 4. The van der Waals surface area contributed by atoms with Crippen LogP contribution in [-0.4, -0.2) is 11.5 Å². The zero-order chi connectivity index (χ0) is 19.7. The Morgan fingerprint density at radius 3 is 2.93 bits per heavy atom. The quantitative estimate of drug-likeness (QED) is 0.270. The summed E-state index contributed by atoms with van der Waals surface area (Å²) in [6.07, 6.45) is 7.53. The van der Waals surface area contributed by atoms with Crippen molar-refractivity contribution in [3.8, 4) is 5.75 Å². The van der Waals surface area contributed by atoms with Crippen molar-refractivity contribution in [2.45, 2.75) is 38.1 Å². The summed E-state index contributed by atoms with van der Waals surface area (Å²) in [6, 6.07) is 11.3. The fourth-order valence-electron chi connectivity index (χ4n) is 4.19. The van der Waals surface area contributed by atoms with E-state index in [2.05, 4.69) is 36.5 Å². The fourth-order valence-corrected chi connectivity index (χ4v) is 4.38. The first-order chi connectivity index (χ1) is 13.6. The third kappa shape index (κ3) is 3.47. The van der Waals surface area contributed by atoms with Gasteiger partial charge in [0.25, 0.3) is 5.69 Å². The van der Waals surface area contributed by atoms with Crippen molar-refractivity contribution < 1.29 is 9.66 Å². The fraction of sp³-hybridized carbons (Fsp3) is 0.364. The highest BCUT2D eigenvalue weighted by atomic mass is 35.5. The predicted octanol–water partition coefficient (Wildman–Crippen LogP) is 6.25. The normalized spacial score (nSPS) is 22.3. The molecule has 0 aromatic heterocycles. The average molecular weight is 399 g/mol. The van der Waals surface area contributed by atoms with Gasteiger partial charge in [-0.15, -0.1) is 0 Å². The molecule has 4 rings (SSSR count). The summed E-state index contributed by atoms with van der Waals surface area (Å²) in [5.41, 5.74) is 3.13. The largest absolute Gasteiger partial charge is 0.494 e. The van der Waals surface area contributed by atoms with Gasteiger partial charge in [-0.25, -0.2) is 0 Å². The number of nitro benzene ring substituents is 1. The molecule has 2 aromatic rings. The Kier molecular flexibility index (Phi) is 5.27. The summed E-state index contributed by atoms with van der Waals surface area (Å²) in [6.45, 7) is 2.87. The molecule has 1 aliphatic heterocycles. The van der Waals surface area contributed by atoms with Crippen molar-refractivity contribution in [1.29, 1.82) is 0 Å². The van der Waals surface area contributed by atoms with Crippen LogP contribution in [0.4, 0.5) is 11.4 Å². The molecule has 5 nitrogen and oxygen atoms in total. The van der Waals surface area contributed by atoms with Crippen LogP contribution in [-0.2, 0) is 0 Å². The summed E-state index contributed by atoms with van der Waals surface area (Å²) < 4.78 is 5.89. The van der Waals surface area contributed by atoms with E-state index in [0.29, 0.717) is 5.92 Å². The zero-order valence-electron chi connectivity index (χ0n) is 15.7. The van der Waals surface area contributed by atoms with Crippen LogP contribution in [0.1, 0.15) is 49.3 Å². The lowest BCUT2D eigenvalue weighted by Gasteiger charge is -2.37. The number of unbranched alkanes of at least 4 members (excludes halogenated alkanes) is 1. The highest BCUT2D eigenvalue weighted by Crippen LogP contribution is 2.51. The maximum absolute atomic E-state index is 11.3. The minimum atomic E-state index is -0.424. The summed E-state index contributed by atoms with van der Waals surface area (Å²) in [5.74, 6) is 1.47. The number of hydrogen-bond donors (Lipinski definition) is 1. The van der Waals surface area contributed by atoms with E-state index in [9.17, 15) is 10.1 Å². The SMILES string of the molecule is CCCCOc1ccc2c(c1)C1C=CCC1C(c1ccc(Cl)c([N+](=O)[O-])c1)N2. The summed E-state index contributed by atoms with van der Waals surface area (Å²) in [4.78, 5) is 10.9. The van der Waals surface area contributed by atoms with Crippen molar-refractivity contribution in [3.05, 3.63) is 74.8 Å². The Bertz CT molecular complexity index is 928. The maximum atomic E-state index is 11.3. The van der Waals surface area contributed by atoms with Gasteiger partial charge >= 0.3 is 0 Å². The number of ether oxygens (including phenoxy) is 1. The average Bonchev–Trinajstić information content (AvgIpc) is 3.18. The number of rotatable bonds is 6. The zero-order valence-corrected chi connectivity index (χ0v) is 16.5. The van der Waals surface area contributed by atoms with Crippen molar-refractivity contribution in [1.82, 2.24) is 0 Å². The first-order valence-electron chi connectivity index (χ1n) is 9.72. The third-order valence-electron chi connectivity index (χ3n) is 5.63. The Hall–Kier alpha value is -2.53. The summed E-state index contributed by atoms with van der Waals surface area (Å²) >= 11 is 6.00. The molecule has 6 heteroatoms. The molecule has 28 heavy (non-hydrogen) atoms. The second kappa shape index (κ2) is 7.84. The molecule has 1 aliphatic carbocycles. The lowest BCUT2D eigenvalue weighted by molar-refractivity contribution is -0.384. The Morgan fingerprint density at radius 1 is 1.29 bits per heavy atom.